The highest BCUT2D eigenvalue weighted by molar-refractivity contribution is 6.12. The Labute approximate surface area is 198 Å². The summed E-state index contributed by atoms with van der Waals surface area (Å²) in [4.78, 5) is 30.6. The van der Waals surface area contributed by atoms with Crippen LogP contribution in [0.25, 0.3) is 0 Å². The van der Waals surface area contributed by atoms with E-state index in [4.69, 9.17) is 15.7 Å². The molecule has 0 aromatic heterocycles. The fraction of sp³-hybridized carbons (Fsp3) is 0.400. The second-order valence-corrected chi connectivity index (χ2v) is 8.43. The standard InChI is InChI=1S/C25H31FN4O4/c1-30(21-5-3-2-4-6-21)23(31)16-34-29-25(17-7-10-20(26)11-8-17)18-9-12-22(27)19(13-18)14-28-15-24(32)33/h7-13,21,28H,2-6,14-16,27H2,1H3,(H,32,33)/b29-25+. The van der Waals surface area contributed by atoms with E-state index in [2.05, 4.69) is 10.5 Å². The lowest BCUT2D eigenvalue weighted by Gasteiger charge is -2.30. The van der Waals surface area contributed by atoms with Gasteiger partial charge in [-0.25, -0.2) is 4.39 Å². The second-order valence-electron chi connectivity index (χ2n) is 8.43. The number of hydrogen-bond acceptors (Lipinski definition) is 6. The van der Waals surface area contributed by atoms with Crippen molar-refractivity contribution in [3.05, 3.63) is 65.0 Å². The first-order valence-corrected chi connectivity index (χ1v) is 11.4. The molecule has 182 valence electrons. The van der Waals surface area contributed by atoms with Crippen LogP contribution < -0.4 is 11.1 Å². The molecule has 9 heteroatoms. The Balaban J connectivity index is 1.79. The van der Waals surface area contributed by atoms with Crippen molar-refractivity contribution in [2.75, 3.05) is 25.9 Å². The number of anilines is 1. The number of nitrogens with zero attached hydrogens (tertiary/aromatic N) is 2. The van der Waals surface area contributed by atoms with Crippen molar-refractivity contribution in [1.82, 2.24) is 10.2 Å². The second kappa shape index (κ2) is 12.1. The lowest BCUT2D eigenvalue weighted by atomic mass is 9.94. The summed E-state index contributed by atoms with van der Waals surface area (Å²) in [6.45, 7) is -0.170. The van der Waals surface area contributed by atoms with Gasteiger partial charge in [0.2, 0.25) is 0 Å². The quantitative estimate of drug-likeness (QED) is 0.279. The van der Waals surface area contributed by atoms with Crippen LogP contribution in [0.1, 0.15) is 48.8 Å². The summed E-state index contributed by atoms with van der Waals surface area (Å²) in [5, 5.41) is 15.9. The van der Waals surface area contributed by atoms with E-state index in [1.165, 1.54) is 18.6 Å². The Bertz CT molecular complexity index is 1020. The zero-order chi connectivity index (χ0) is 24.5. The summed E-state index contributed by atoms with van der Waals surface area (Å²) in [6, 6.07) is 11.2. The number of hydrogen-bond donors (Lipinski definition) is 3. The van der Waals surface area contributed by atoms with E-state index in [-0.39, 0.29) is 37.5 Å². The SMILES string of the molecule is CN(C(=O)CO/N=C(\c1ccc(F)cc1)c1ccc(N)c(CNCC(=O)O)c1)C1CCCCC1. The number of carboxylic acid groups (broad SMARTS) is 1. The highest BCUT2D eigenvalue weighted by Gasteiger charge is 2.22. The summed E-state index contributed by atoms with van der Waals surface area (Å²) in [5.74, 6) is -1.51. The van der Waals surface area contributed by atoms with Crippen molar-refractivity contribution in [3.63, 3.8) is 0 Å². The van der Waals surface area contributed by atoms with Crippen LogP contribution in [0, 0.1) is 5.82 Å². The van der Waals surface area contributed by atoms with Crippen LogP contribution in [-0.2, 0) is 21.0 Å². The topological polar surface area (TPSA) is 117 Å². The molecule has 34 heavy (non-hydrogen) atoms. The van der Waals surface area contributed by atoms with Gasteiger partial charge in [0.15, 0.2) is 6.61 Å². The van der Waals surface area contributed by atoms with Gasteiger partial charge in [-0.05, 0) is 54.8 Å². The zero-order valence-electron chi connectivity index (χ0n) is 19.3. The van der Waals surface area contributed by atoms with E-state index in [0.717, 1.165) is 25.7 Å². The molecule has 0 bridgehead atoms. The Hall–Kier alpha value is -3.46. The first kappa shape index (κ1) is 25.2. The van der Waals surface area contributed by atoms with Crippen molar-refractivity contribution in [2.45, 2.75) is 44.7 Å². The minimum absolute atomic E-state index is 0.148. The molecular formula is C25H31FN4O4. The number of oxime groups is 1. The average molecular weight is 471 g/mol. The number of rotatable bonds is 10. The van der Waals surface area contributed by atoms with Crippen molar-refractivity contribution >= 4 is 23.3 Å². The molecule has 3 rings (SSSR count). The molecule has 1 aliphatic rings. The largest absolute Gasteiger partial charge is 0.480 e. The van der Waals surface area contributed by atoms with E-state index < -0.39 is 5.97 Å². The van der Waals surface area contributed by atoms with Gasteiger partial charge in [-0.3, -0.25) is 9.59 Å². The van der Waals surface area contributed by atoms with Crippen LogP contribution in [-0.4, -0.2) is 53.8 Å². The predicted octanol–water partition coefficient (Wildman–Crippen LogP) is 3.14. The third-order valence-corrected chi connectivity index (χ3v) is 5.99. The molecule has 4 N–H and O–H groups in total. The summed E-state index contributed by atoms with van der Waals surface area (Å²) in [5.41, 5.74) is 8.87. The molecule has 2 aromatic rings. The third kappa shape index (κ3) is 7.02. The summed E-state index contributed by atoms with van der Waals surface area (Å²) in [7, 11) is 1.79. The number of nitrogen functional groups attached to an aromatic ring is 1. The number of nitrogens with two attached hydrogens (primary N) is 1. The molecule has 1 fully saturated rings. The first-order valence-electron chi connectivity index (χ1n) is 11.4. The lowest BCUT2D eigenvalue weighted by Crippen LogP contribution is -2.40. The minimum Gasteiger partial charge on any atom is -0.480 e. The number of nitrogens with one attached hydrogen (secondary N) is 1. The number of halogens is 1. The summed E-state index contributed by atoms with van der Waals surface area (Å²) >= 11 is 0. The van der Waals surface area contributed by atoms with Gasteiger partial charge in [-0.1, -0.05) is 30.5 Å². The van der Waals surface area contributed by atoms with Crippen LogP contribution in [0.15, 0.2) is 47.6 Å². The van der Waals surface area contributed by atoms with Gasteiger partial charge in [-0.2, -0.15) is 0 Å². The number of aliphatic carboxylic acids is 1. The average Bonchev–Trinajstić information content (AvgIpc) is 2.83. The van der Waals surface area contributed by atoms with Gasteiger partial charge in [-0.15, -0.1) is 0 Å². The zero-order valence-corrected chi connectivity index (χ0v) is 19.3. The van der Waals surface area contributed by atoms with E-state index in [9.17, 15) is 14.0 Å². The molecule has 0 heterocycles. The molecule has 0 spiro atoms. The Morgan fingerprint density at radius 2 is 1.82 bits per heavy atom. The molecule has 0 radical (unpaired) electrons. The smallest absolute Gasteiger partial charge is 0.317 e. The predicted molar refractivity (Wildman–Crippen MR) is 128 cm³/mol. The molecule has 0 saturated heterocycles. The molecule has 8 nitrogen and oxygen atoms in total. The summed E-state index contributed by atoms with van der Waals surface area (Å²) in [6.07, 6.45) is 5.44. The number of carboxylic acids is 1. The van der Waals surface area contributed by atoms with Crippen LogP contribution in [0.2, 0.25) is 0 Å². The van der Waals surface area contributed by atoms with Gasteiger partial charge in [0, 0.05) is 36.4 Å². The first-order chi connectivity index (χ1) is 16.3. The van der Waals surface area contributed by atoms with Gasteiger partial charge in [0.1, 0.15) is 11.5 Å². The molecule has 0 aliphatic heterocycles. The van der Waals surface area contributed by atoms with Crippen molar-refractivity contribution in [2.24, 2.45) is 5.16 Å². The van der Waals surface area contributed by atoms with Crippen LogP contribution >= 0.6 is 0 Å². The van der Waals surface area contributed by atoms with Gasteiger partial charge in [0.05, 0.1) is 6.54 Å². The molecule has 1 amide bonds. The van der Waals surface area contributed by atoms with Gasteiger partial charge in [0.25, 0.3) is 5.91 Å². The van der Waals surface area contributed by atoms with Crippen LogP contribution in [0.4, 0.5) is 10.1 Å². The maximum Gasteiger partial charge on any atom is 0.317 e. The fourth-order valence-electron chi connectivity index (χ4n) is 4.02. The van der Waals surface area contributed by atoms with Crippen LogP contribution in [0.3, 0.4) is 0 Å². The fourth-order valence-corrected chi connectivity index (χ4v) is 4.02. The number of benzene rings is 2. The molecule has 1 aliphatic carbocycles. The van der Waals surface area contributed by atoms with Crippen molar-refractivity contribution in [3.8, 4) is 0 Å². The van der Waals surface area contributed by atoms with E-state index in [1.807, 2.05) is 0 Å². The maximum absolute atomic E-state index is 13.5. The number of carbonyl (C=O) groups is 2. The Morgan fingerprint density at radius 3 is 2.50 bits per heavy atom. The third-order valence-electron chi connectivity index (χ3n) is 5.99. The highest BCUT2D eigenvalue weighted by Crippen LogP contribution is 2.22. The monoisotopic (exact) mass is 470 g/mol. The number of amides is 1. The molecule has 0 unspecified atom stereocenters. The maximum atomic E-state index is 13.5. The summed E-state index contributed by atoms with van der Waals surface area (Å²) < 4.78 is 13.5. The van der Waals surface area contributed by atoms with Gasteiger partial charge >= 0.3 is 5.97 Å². The van der Waals surface area contributed by atoms with Crippen molar-refractivity contribution in [1.29, 1.82) is 0 Å². The normalized spacial score (nSPS) is 14.6. The van der Waals surface area contributed by atoms with E-state index >= 15 is 0 Å². The van der Waals surface area contributed by atoms with Crippen LogP contribution in [0.5, 0.6) is 0 Å². The molecular weight excluding hydrogens is 439 g/mol. The van der Waals surface area contributed by atoms with Gasteiger partial charge < -0.3 is 25.9 Å². The van der Waals surface area contributed by atoms with E-state index in [0.29, 0.717) is 28.1 Å². The lowest BCUT2D eigenvalue weighted by molar-refractivity contribution is -0.137. The molecule has 1 saturated carbocycles. The number of carbonyl (C=O) groups excluding carboxylic acids is 1. The minimum atomic E-state index is -0.973. The van der Waals surface area contributed by atoms with Crippen molar-refractivity contribution < 1.29 is 23.9 Å². The molecule has 0 atom stereocenters. The van der Waals surface area contributed by atoms with E-state index in [1.54, 1.807) is 42.3 Å². The number of likely N-dealkylation sites (N-methyl/N-ethyl adjacent to an activating group) is 1. The highest BCUT2D eigenvalue weighted by atomic mass is 19.1. The molecule has 2 aromatic carbocycles. The Kier molecular flexibility index (Phi) is 8.98. The Morgan fingerprint density at radius 1 is 1.15 bits per heavy atom.